The lowest BCUT2D eigenvalue weighted by Crippen LogP contribution is -2.05. The zero-order valence-corrected chi connectivity index (χ0v) is 18.9. The maximum atomic E-state index is 12.4. The number of cyclic esters (lactones) is 1. The minimum absolute atomic E-state index is 0.249. The molecule has 3 aromatic carbocycles. The number of unbranched alkanes of at least 4 members (excludes halogenated alkanes) is 1. The van der Waals surface area contributed by atoms with Crippen LogP contribution in [0.2, 0.25) is 0 Å². The van der Waals surface area contributed by atoms with E-state index in [0.717, 1.165) is 35.1 Å². The van der Waals surface area contributed by atoms with E-state index in [9.17, 15) is 4.79 Å². The summed E-state index contributed by atoms with van der Waals surface area (Å²) in [7, 11) is 0. The molecule has 0 bridgehead atoms. The van der Waals surface area contributed by atoms with Crippen LogP contribution in [0.5, 0.6) is 11.5 Å². The molecule has 1 aliphatic heterocycles. The van der Waals surface area contributed by atoms with Crippen molar-refractivity contribution >= 4 is 17.9 Å². The Morgan fingerprint density at radius 3 is 2.30 bits per heavy atom. The molecular formula is C28H27NO4. The van der Waals surface area contributed by atoms with Gasteiger partial charge < -0.3 is 14.2 Å². The average molecular weight is 442 g/mol. The van der Waals surface area contributed by atoms with E-state index in [4.69, 9.17) is 14.2 Å². The monoisotopic (exact) mass is 441 g/mol. The number of ether oxygens (including phenoxy) is 3. The highest BCUT2D eigenvalue weighted by atomic mass is 16.6. The van der Waals surface area contributed by atoms with Crippen LogP contribution in [0.15, 0.2) is 83.5 Å². The molecule has 1 heterocycles. The Balaban J connectivity index is 1.54. The number of hydrogen-bond acceptors (Lipinski definition) is 5. The van der Waals surface area contributed by atoms with E-state index in [1.165, 1.54) is 0 Å². The molecule has 4 rings (SSSR count). The molecule has 0 atom stereocenters. The Hall–Kier alpha value is -3.86. The van der Waals surface area contributed by atoms with Gasteiger partial charge in [-0.3, -0.25) is 0 Å². The lowest BCUT2D eigenvalue weighted by molar-refractivity contribution is -0.129. The van der Waals surface area contributed by atoms with Crippen molar-refractivity contribution in [3.05, 3.63) is 89.6 Å². The summed E-state index contributed by atoms with van der Waals surface area (Å²) in [5.41, 5.74) is 4.00. The summed E-state index contributed by atoms with van der Waals surface area (Å²) in [5, 5.41) is 0. The Labute approximate surface area is 194 Å². The van der Waals surface area contributed by atoms with E-state index in [-0.39, 0.29) is 5.70 Å². The number of rotatable bonds is 9. The standard InChI is InChI=1S/C28H27NO4/c1-3-5-17-32-25-16-11-20(19-26(25)31-4-2)18-24-28(30)33-27(29-24)23-14-12-22(13-15-23)21-9-7-6-8-10-21/h6-16,18-19H,3-5,17H2,1-2H3/b24-18-. The summed E-state index contributed by atoms with van der Waals surface area (Å²) >= 11 is 0. The fourth-order valence-electron chi connectivity index (χ4n) is 3.45. The molecule has 168 valence electrons. The average Bonchev–Trinajstić information content (AvgIpc) is 3.21. The van der Waals surface area contributed by atoms with Gasteiger partial charge in [-0.2, -0.15) is 0 Å². The van der Waals surface area contributed by atoms with Crippen molar-refractivity contribution in [2.75, 3.05) is 13.2 Å². The van der Waals surface area contributed by atoms with E-state index < -0.39 is 5.97 Å². The molecule has 0 unspecified atom stereocenters. The van der Waals surface area contributed by atoms with Gasteiger partial charge in [0.1, 0.15) is 0 Å². The number of carbonyl (C=O) groups is 1. The molecule has 0 aromatic heterocycles. The minimum atomic E-state index is -0.474. The SMILES string of the molecule is CCCCOc1ccc(/C=C2\N=C(c3ccc(-c4ccccc4)cc3)OC2=O)cc1OCC. The first-order chi connectivity index (χ1) is 16.2. The first-order valence-electron chi connectivity index (χ1n) is 11.3. The van der Waals surface area contributed by atoms with E-state index in [1.54, 1.807) is 6.08 Å². The van der Waals surface area contributed by atoms with Crippen LogP contribution in [0, 0.1) is 0 Å². The van der Waals surface area contributed by atoms with Crippen LogP contribution in [0.1, 0.15) is 37.8 Å². The molecule has 0 spiro atoms. The van der Waals surface area contributed by atoms with Crippen LogP contribution in [0.25, 0.3) is 17.2 Å². The first kappa shape index (κ1) is 22.3. The molecule has 0 saturated carbocycles. The van der Waals surface area contributed by atoms with E-state index >= 15 is 0 Å². The van der Waals surface area contributed by atoms with E-state index in [1.807, 2.05) is 67.6 Å². The Morgan fingerprint density at radius 2 is 1.58 bits per heavy atom. The second-order valence-corrected chi connectivity index (χ2v) is 7.62. The topological polar surface area (TPSA) is 57.1 Å². The van der Waals surface area contributed by atoms with Crippen LogP contribution in [0.3, 0.4) is 0 Å². The van der Waals surface area contributed by atoms with Gasteiger partial charge >= 0.3 is 5.97 Å². The van der Waals surface area contributed by atoms with Crippen molar-refractivity contribution in [2.45, 2.75) is 26.7 Å². The summed E-state index contributed by atoms with van der Waals surface area (Å²) in [6.45, 7) is 5.21. The lowest BCUT2D eigenvalue weighted by atomic mass is 10.0. The highest BCUT2D eigenvalue weighted by molar-refractivity contribution is 6.13. The third-order valence-electron chi connectivity index (χ3n) is 5.19. The number of aliphatic imine (C=N–C) groups is 1. The van der Waals surface area contributed by atoms with Gasteiger partial charge in [0.2, 0.25) is 5.90 Å². The molecule has 5 nitrogen and oxygen atoms in total. The highest BCUT2D eigenvalue weighted by Gasteiger charge is 2.24. The molecule has 3 aromatic rings. The largest absolute Gasteiger partial charge is 0.490 e. The summed E-state index contributed by atoms with van der Waals surface area (Å²) < 4.78 is 17.0. The van der Waals surface area contributed by atoms with Crippen molar-refractivity contribution in [3.63, 3.8) is 0 Å². The molecule has 0 saturated heterocycles. The van der Waals surface area contributed by atoms with Crippen molar-refractivity contribution in [1.82, 2.24) is 0 Å². The van der Waals surface area contributed by atoms with Gasteiger partial charge in [-0.05, 0) is 60.4 Å². The summed E-state index contributed by atoms with van der Waals surface area (Å²) in [5.74, 6) is 1.17. The number of benzene rings is 3. The number of hydrogen-bond donors (Lipinski definition) is 0. The van der Waals surface area contributed by atoms with Crippen molar-refractivity contribution in [1.29, 1.82) is 0 Å². The van der Waals surface area contributed by atoms with Gasteiger partial charge in [-0.25, -0.2) is 9.79 Å². The predicted octanol–water partition coefficient (Wildman–Crippen LogP) is 6.28. The maximum absolute atomic E-state index is 12.4. The molecule has 33 heavy (non-hydrogen) atoms. The molecule has 0 N–H and O–H groups in total. The lowest BCUT2D eigenvalue weighted by Gasteiger charge is -2.12. The fraction of sp³-hybridized carbons (Fsp3) is 0.214. The number of nitrogens with zero attached hydrogens (tertiary/aromatic N) is 1. The third kappa shape index (κ3) is 5.50. The third-order valence-corrected chi connectivity index (χ3v) is 5.19. The van der Waals surface area contributed by atoms with Crippen molar-refractivity contribution in [2.24, 2.45) is 4.99 Å². The van der Waals surface area contributed by atoms with Gasteiger partial charge in [0, 0.05) is 5.56 Å². The first-order valence-corrected chi connectivity index (χ1v) is 11.3. The van der Waals surface area contributed by atoms with E-state index in [0.29, 0.717) is 30.6 Å². The molecular weight excluding hydrogens is 414 g/mol. The van der Waals surface area contributed by atoms with Crippen LogP contribution >= 0.6 is 0 Å². The Bertz CT molecular complexity index is 1160. The molecule has 5 heteroatoms. The van der Waals surface area contributed by atoms with Gasteiger partial charge in [0.05, 0.1) is 13.2 Å². The molecule has 0 radical (unpaired) electrons. The van der Waals surface area contributed by atoms with Crippen LogP contribution in [-0.2, 0) is 9.53 Å². The van der Waals surface area contributed by atoms with Crippen molar-refractivity contribution in [3.8, 4) is 22.6 Å². The van der Waals surface area contributed by atoms with Crippen molar-refractivity contribution < 1.29 is 19.0 Å². The zero-order valence-electron chi connectivity index (χ0n) is 18.9. The molecule has 1 aliphatic rings. The van der Waals surface area contributed by atoms with Crippen LogP contribution in [-0.4, -0.2) is 25.1 Å². The maximum Gasteiger partial charge on any atom is 0.363 e. The quantitative estimate of drug-likeness (QED) is 0.223. The highest BCUT2D eigenvalue weighted by Crippen LogP contribution is 2.30. The predicted molar refractivity (Wildman–Crippen MR) is 130 cm³/mol. The zero-order chi connectivity index (χ0) is 23.0. The normalized spacial score (nSPS) is 14.2. The molecule has 0 aliphatic carbocycles. The Kier molecular flexibility index (Phi) is 7.20. The second kappa shape index (κ2) is 10.6. The summed E-state index contributed by atoms with van der Waals surface area (Å²) in [4.78, 5) is 16.9. The van der Waals surface area contributed by atoms with Gasteiger partial charge in [0.15, 0.2) is 17.2 Å². The van der Waals surface area contributed by atoms with Crippen LogP contribution in [0.4, 0.5) is 0 Å². The van der Waals surface area contributed by atoms with Crippen LogP contribution < -0.4 is 9.47 Å². The second-order valence-electron chi connectivity index (χ2n) is 7.62. The Morgan fingerprint density at radius 1 is 0.848 bits per heavy atom. The summed E-state index contributed by atoms with van der Waals surface area (Å²) in [6.07, 6.45) is 3.74. The van der Waals surface area contributed by atoms with Gasteiger partial charge in [0.25, 0.3) is 0 Å². The molecule has 0 fully saturated rings. The van der Waals surface area contributed by atoms with Gasteiger partial charge in [-0.15, -0.1) is 0 Å². The fourth-order valence-corrected chi connectivity index (χ4v) is 3.45. The van der Waals surface area contributed by atoms with Gasteiger partial charge in [-0.1, -0.05) is 61.9 Å². The summed E-state index contributed by atoms with van der Waals surface area (Å²) in [6, 6.07) is 23.5. The minimum Gasteiger partial charge on any atom is -0.490 e. The molecule has 0 amide bonds. The van der Waals surface area contributed by atoms with E-state index in [2.05, 4.69) is 24.0 Å². The number of carbonyl (C=O) groups excluding carboxylic acids is 1. The number of esters is 1. The smallest absolute Gasteiger partial charge is 0.363 e.